The first-order valence-corrected chi connectivity index (χ1v) is 10.6. The second-order valence-corrected chi connectivity index (χ2v) is 7.74. The number of carbonyl (C=O) groups excluding carboxylic acids is 1. The summed E-state index contributed by atoms with van der Waals surface area (Å²) < 4.78 is 17.8. The van der Waals surface area contributed by atoms with Crippen LogP contribution in [0.1, 0.15) is 22.8 Å². The van der Waals surface area contributed by atoms with Gasteiger partial charge in [-0.1, -0.05) is 42.5 Å². The minimum Gasteiger partial charge on any atom is -0.488 e. The molecule has 0 unspecified atom stereocenters. The zero-order valence-electron chi connectivity index (χ0n) is 17.0. The molecule has 0 amide bonds. The van der Waals surface area contributed by atoms with Crippen molar-refractivity contribution < 1.29 is 23.6 Å². The number of nitro groups is 1. The molecule has 0 aliphatic heterocycles. The number of furan rings is 1. The van der Waals surface area contributed by atoms with Crippen LogP contribution in [0, 0.1) is 10.1 Å². The Kier molecular flexibility index (Phi) is 6.23. The van der Waals surface area contributed by atoms with Gasteiger partial charge in [-0.2, -0.15) is 0 Å². The monoisotopic (exact) mass is 495 g/mol. The van der Waals surface area contributed by atoms with Gasteiger partial charge >= 0.3 is 5.97 Å². The smallest absolute Gasteiger partial charge is 0.342 e. The second kappa shape index (κ2) is 9.23. The highest BCUT2D eigenvalue weighted by Gasteiger charge is 2.24. The number of fused-ring (bicyclic) bond motifs is 1. The van der Waals surface area contributed by atoms with Crippen molar-refractivity contribution in [2.75, 3.05) is 6.61 Å². The summed E-state index contributed by atoms with van der Waals surface area (Å²) in [6, 6.07) is 19.0. The van der Waals surface area contributed by atoms with Gasteiger partial charge < -0.3 is 13.9 Å². The molecule has 0 fully saturated rings. The topological polar surface area (TPSA) is 91.8 Å². The minimum atomic E-state index is -0.489. The van der Waals surface area contributed by atoms with Crippen molar-refractivity contribution in [3.8, 4) is 17.1 Å². The molecule has 4 rings (SSSR count). The Labute approximate surface area is 191 Å². The largest absolute Gasteiger partial charge is 0.488 e. The van der Waals surface area contributed by atoms with Crippen molar-refractivity contribution in [1.82, 2.24) is 0 Å². The lowest BCUT2D eigenvalue weighted by Gasteiger charge is -2.09. The molecule has 0 radical (unpaired) electrons. The number of carbonyl (C=O) groups is 1. The molecule has 0 saturated heterocycles. The van der Waals surface area contributed by atoms with Gasteiger partial charge in [-0.25, -0.2) is 4.79 Å². The van der Waals surface area contributed by atoms with E-state index < -0.39 is 10.9 Å². The molecule has 32 heavy (non-hydrogen) atoms. The number of benzene rings is 3. The number of non-ortho nitro benzene ring substituents is 1. The molecule has 1 aromatic heterocycles. The summed E-state index contributed by atoms with van der Waals surface area (Å²) in [6.07, 6.45) is 0. The van der Waals surface area contributed by atoms with Gasteiger partial charge in [-0.05, 0) is 40.5 Å². The lowest BCUT2D eigenvalue weighted by atomic mass is 10.1. The van der Waals surface area contributed by atoms with E-state index in [1.807, 2.05) is 30.3 Å². The van der Waals surface area contributed by atoms with Crippen molar-refractivity contribution in [2.45, 2.75) is 13.5 Å². The minimum absolute atomic E-state index is 0.00690. The van der Waals surface area contributed by atoms with Crippen LogP contribution in [0.15, 0.2) is 75.6 Å². The Morgan fingerprint density at radius 3 is 2.59 bits per heavy atom. The molecule has 0 N–H and O–H groups in total. The van der Waals surface area contributed by atoms with E-state index in [0.29, 0.717) is 38.1 Å². The van der Waals surface area contributed by atoms with Gasteiger partial charge in [-0.15, -0.1) is 0 Å². The fraction of sp³-hybridized carbons (Fsp3) is 0.125. The van der Waals surface area contributed by atoms with Gasteiger partial charge in [0.1, 0.15) is 29.3 Å². The third kappa shape index (κ3) is 4.36. The number of hydrogen-bond donors (Lipinski definition) is 0. The van der Waals surface area contributed by atoms with Gasteiger partial charge in [0, 0.05) is 23.1 Å². The number of nitrogens with zero attached hydrogens (tertiary/aromatic N) is 1. The van der Waals surface area contributed by atoms with Crippen LogP contribution in [0.2, 0.25) is 0 Å². The highest BCUT2D eigenvalue weighted by molar-refractivity contribution is 9.10. The Balaban J connectivity index is 1.74. The molecule has 7 nitrogen and oxygen atoms in total. The van der Waals surface area contributed by atoms with E-state index in [1.165, 1.54) is 12.1 Å². The van der Waals surface area contributed by atoms with Crippen LogP contribution >= 0.6 is 15.9 Å². The second-order valence-electron chi connectivity index (χ2n) is 6.89. The Morgan fingerprint density at radius 1 is 1.09 bits per heavy atom. The molecule has 0 saturated carbocycles. The Morgan fingerprint density at radius 2 is 1.88 bits per heavy atom. The van der Waals surface area contributed by atoms with Crippen molar-refractivity contribution in [2.24, 2.45) is 0 Å². The maximum absolute atomic E-state index is 12.8. The molecule has 3 aromatic carbocycles. The predicted molar refractivity (Wildman–Crippen MR) is 123 cm³/mol. The van der Waals surface area contributed by atoms with E-state index in [2.05, 4.69) is 15.9 Å². The molecule has 4 aromatic rings. The summed E-state index contributed by atoms with van der Waals surface area (Å²) in [4.78, 5) is 23.3. The number of rotatable bonds is 7. The summed E-state index contributed by atoms with van der Waals surface area (Å²) in [5.74, 6) is 0.397. The molecule has 162 valence electrons. The zero-order valence-corrected chi connectivity index (χ0v) is 18.6. The predicted octanol–water partition coefficient (Wildman–Crippen LogP) is 6.53. The fourth-order valence-corrected chi connectivity index (χ4v) is 3.77. The van der Waals surface area contributed by atoms with Gasteiger partial charge in [0.25, 0.3) is 5.69 Å². The number of ether oxygens (including phenoxy) is 2. The molecule has 8 heteroatoms. The van der Waals surface area contributed by atoms with Crippen LogP contribution in [-0.4, -0.2) is 17.5 Å². The third-order valence-corrected chi connectivity index (χ3v) is 5.39. The molecule has 1 heterocycles. The Bertz CT molecular complexity index is 1300. The van der Waals surface area contributed by atoms with Gasteiger partial charge in [0.2, 0.25) is 0 Å². The van der Waals surface area contributed by atoms with Crippen LogP contribution in [0.25, 0.3) is 22.3 Å². The SMILES string of the molecule is CCOC(=O)c1c(-c2ccccc2)oc2cc(Br)c(OCc3cccc([N+](=O)[O-])c3)cc12. The first-order chi connectivity index (χ1) is 15.5. The molecule has 0 aliphatic rings. The average Bonchev–Trinajstić information content (AvgIpc) is 3.16. The summed E-state index contributed by atoms with van der Waals surface area (Å²) in [5.41, 5.74) is 2.21. The summed E-state index contributed by atoms with van der Waals surface area (Å²) in [7, 11) is 0. The lowest BCUT2D eigenvalue weighted by molar-refractivity contribution is -0.384. The van der Waals surface area contributed by atoms with E-state index in [9.17, 15) is 14.9 Å². The third-order valence-electron chi connectivity index (χ3n) is 4.77. The van der Waals surface area contributed by atoms with Crippen molar-refractivity contribution >= 4 is 38.6 Å². The van der Waals surface area contributed by atoms with Crippen LogP contribution in [0.4, 0.5) is 5.69 Å². The first-order valence-electron chi connectivity index (χ1n) is 9.82. The molecule has 0 aliphatic carbocycles. The first kappa shape index (κ1) is 21.6. The lowest BCUT2D eigenvalue weighted by Crippen LogP contribution is -2.05. The Hall–Kier alpha value is -3.65. The van der Waals surface area contributed by atoms with Crippen LogP contribution in [0.3, 0.4) is 0 Å². The summed E-state index contributed by atoms with van der Waals surface area (Å²) >= 11 is 3.48. The van der Waals surface area contributed by atoms with Crippen LogP contribution in [-0.2, 0) is 11.3 Å². The van der Waals surface area contributed by atoms with Crippen LogP contribution < -0.4 is 4.74 Å². The molecule has 0 atom stereocenters. The molecule has 0 spiro atoms. The quantitative estimate of drug-likeness (QED) is 0.164. The highest BCUT2D eigenvalue weighted by Crippen LogP contribution is 2.39. The maximum Gasteiger partial charge on any atom is 0.342 e. The molecular formula is C24H18BrNO6. The number of nitro benzene ring substituents is 1. The standard InChI is InChI=1S/C24H18BrNO6/c1-2-30-24(27)22-18-12-21(31-14-15-7-6-10-17(11-15)26(28)29)19(25)13-20(18)32-23(22)16-8-4-3-5-9-16/h3-13H,2,14H2,1H3. The highest BCUT2D eigenvalue weighted by atomic mass is 79.9. The van der Waals surface area contributed by atoms with E-state index in [4.69, 9.17) is 13.9 Å². The van der Waals surface area contributed by atoms with E-state index in [-0.39, 0.29) is 18.9 Å². The van der Waals surface area contributed by atoms with Gasteiger partial charge in [0.15, 0.2) is 0 Å². The van der Waals surface area contributed by atoms with Gasteiger partial charge in [0.05, 0.1) is 16.0 Å². The van der Waals surface area contributed by atoms with Crippen molar-refractivity contribution in [3.05, 3.63) is 92.4 Å². The number of esters is 1. The summed E-state index contributed by atoms with van der Waals surface area (Å²) in [6.45, 7) is 2.09. The average molecular weight is 496 g/mol. The molecule has 0 bridgehead atoms. The zero-order chi connectivity index (χ0) is 22.7. The fourth-order valence-electron chi connectivity index (χ4n) is 3.33. The van der Waals surface area contributed by atoms with Crippen molar-refractivity contribution in [1.29, 1.82) is 0 Å². The van der Waals surface area contributed by atoms with E-state index in [1.54, 1.807) is 31.2 Å². The van der Waals surface area contributed by atoms with Gasteiger partial charge in [-0.3, -0.25) is 10.1 Å². The van der Waals surface area contributed by atoms with Crippen LogP contribution in [0.5, 0.6) is 5.75 Å². The number of hydrogen-bond acceptors (Lipinski definition) is 6. The summed E-state index contributed by atoms with van der Waals surface area (Å²) in [5, 5.41) is 11.6. The molecular weight excluding hydrogens is 478 g/mol. The van der Waals surface area contributed by atoms with E-state index in [0.717, 1.165) is 5.56 Å². The maximum atomic E-state index is 12.8. The normalized spacial score (nSPS) is 10.8. The van der Waals surface area contributed by atoms with E-state index >= 15 is 0 Å². The number of halogens is 1. The van der Waals surface area contributed by atoms with Crippen molar-refractivity contribution in [3.63, 3.8) is 0 Å².